The average Bonchev–Trinajstić information content (AvgIpc) is 3.02. The van der Waals surface area contributed by atoms with Crippen molar-refractivity contribution in [3.63, 3.8) is 0 Å². The number of rotatable bonds is 10. The van der Waals surface area contributed by atoms with Gasteiger partial charge in [0.15, 0.2) is 11.5 Å². The number of nitrogens with one attached hydrogen (secondary N) is 1. The van der Waals surface area contributed by atoms with E-state index in [1.807, 2.05) is 32.0 Å². The highest BCUT2D eigenvalue weighted by molar-refractivity contribution is 6.36. The van der Waals surface area contributed by atoms with Gasteiger partial charge in [-0.15, -0.1) is 0 Å². The topological polar surface area (TPSA) is 86.3 Å². The molecule has 0 fully saturated rings. The summed E-state index contributed by atoms with van der Waals surface area (Å²) in [5, 5.41) is 3.11. The van der Waals surface area contributed by atoms with E-state index in [-0.39, 0.29) is 30.9 Å². The summed E-state index contributed by atoms with van der Waals surface area (Å²) in [6, 6.07) is 12.4. The normalized spacial score (nSPS) is 13.8. The van der Waals surface area contributed by atoms with Crippen LogP contribution in [0.3, 0.4) is 0 Å². The molecule has 1 aliphatic rings. The lowest BCUT2D eigenvalue weighted by Gasteiger charge is -2.17. The molecule has 32 heavy (non-hydrogen) atoms. The summed E-state index contributed by atoms with van der Waals surface area (Å²) >= 11 is 0. The highest BCUT2D eigenvalue weighted by atomic mass is 16.5. The van der Waals surface area contributed by atoms with E-state index < -0.39 is 5.91 Å². The van der Waals surface area contributed by atoms with Gasteiger partial charge in [0.1, 0.15) is 5.70 Å². The van der Waals surface area contributed by atoms with Crippen molar-refractivity contribution >= 4 is 23.1 Å². The molecule has 1 heterocycles. The second-order valence-corrected chi connectivity index (χ2v) is 7.34. The monoisotopic (exact) mass is 440 g/mol. The van der Waals surface area contributed by atoms with Gasteiger partial charge in [0.05, 0.1) is 46.2 Å². The van der Waals surface area contributed by atoms with E-state index in [0.717, 1.165) is 0 Å². The number of anilines is 1. The number of hydrogen-bond donors (Lipinski definition) is 1. The van der Waals surface area contributed by atoms with E-state index in [1.165, 1.54) is 26.2 Å². The van der Waals surface area contributed by atoms with Crippen LogP contribution in [0.25, 0.3) is 5.57 Å². The van der Waals surface area contributed by atoms with Crippen LogP contribution >= 0.6 is 0 Å². The van der Waals surface area contributed by atoms with Crippen LogP contribution in [0.5, 0.6) is 17.2 Å². The molecule has 1 N–H and O–H groups in total. The number of hydrogen-bond acceptors (Lipinski definition) is 7. The third-order valence-corrected chi connectivity index (χ3v) is 4.93. The zero-order valence-electron chi connectivity index (χ0n) is 18.9. The fraction of sp³-hybridized carbons (Fsp3) is 0.333. The molecule has 0 radical (unpaired) electrons. The van der Waals surface area contributed by atoms with Crippen molar-refractivity contribution in [3.8, 4) is 17.2 Å². The van der Waals surface area contributed by atoms with Crippen molar-refractivity contribution in [3.05, 3.63) is 53.7 Å². The molecule has 2 aromatic carbocycles. The maximum absolute atomic E-state index is 13.3. The largest absolute Gasteiger partial charge is 0.493 e. The summed E-state index contributed by atoms with van der Waals surface area (Å²) in [5.41, 5.74) is 1.64. The zero-order valence-corrected chi connectivity index (χ0v) is 18.9. The van der Waals surface area contributed by atoms with Gasteiger partial charge in [-0.25, -0.2) is 0 Å². The molecule has 8 heteroatoms. The fourth-order valence-electron chi connectivity index (χ4n) is 3.44. The fourth-order valence-corrected chi connectivity index (χ4v) is 3.44. The Morgan fingerprint density at radius 3 is 2.06 bits per heavy atom. The van der Waals surface area contributed by atoms with E-state index in [2.05, 4.69) is 5.32 Å². The van der Waals surface area contributed by atoms with Crippen LogP contribution in [0.4, 0.5) is 5.69 Å². The summed E-state index contributed by atoms with van der Waals surface area (Å²) < 4.78 is 21.7. The number of imide groups is 1. The first-order valence-electron chi connectivity index (χ1n) is 10.3. The summed E-state index contributed by atoms with van der Waals surface area (Å²) in [7, 11) is 4.53. The van der Waals surface area contributed by atoms with Crippen LogP contribution in [0.15, 0.2) is 48.2 Å². The molecular formula is C24H28N2O6. The van der Waals surface area contributed by atoms with E-state index in [0.29, 0.717) is 34.1 Å². The van der Waals surface area contributed by atoms with Gasteiger partial charge in [-0.1, -0.05) is 30.3 Å². The van der Waals surface area contributed by atoms with Crippen LogP contribution < -0.4 is 19.5 Å². The first kappa shape index (κ1) is 23.1. The van der Waals surface area contributed by atoms with E-state index in [4.69, 9.17) is 18.9 Å². The average molecular weight is 440 g/mol. The summed E-state index contributed by atoms with van der Waals surface area (Å²) in [4.78, 5) is 27.7. The zero-order chi connectivity index (χ0) is 23.3. The van der Waals surface area contributed by atoms with Gasteiger partial charge >= 0.3 is 0 Å². The Labute approximate surface area is 187 Å². The molecule has 0 saturated heterocycles. The first-order chi connectivity index (χ1) is 15.4. The van der Waals surface area contributed by atoms with Crippen molar-refractivity contribution in [2.24, 2.45) is 0 Å². The number of carbonyl (C=O) groups excluding carboxylic acids is 2. The van der Waals surface area contributed by atoms with Gasteiger partial charge in [-0.05, 0) is 19.4 Å². The molecule has 0 saturated carbocycles. The maximum atomic E-state index is 13.3. The van der Waals surface area contributed by atoms with Crippen molar-refractivity contribution < 1.29 is 28.5 Å². The number of benzene rings is 2. The molecule has 2 aromatic rings. The number of nitrogens with zero attached hydrogens (tertiary/aromatic N) is 1. The predicted octanol–water partition coefficient (Wildman–Crippen LogP) is 3.33. The Kier molecular flexibility index (Phi) is 7.37. The number of amides is 2. The molecule has 2 amide bonds. The van der Waals surface area contributed by atoms with Gasteiger partial charge < -0.3 is 24.3 Å². The Morgan fingerprint density at radius 1 is 0.906 bits per heavy atom. The van der Waals surface area contributed by atoms with E-state index in [1.54, 1.807) is 24.3 Å². The SMILES string of the molecule is COc1cc(NC2=C(c3ccccc3)C(=O)N(CCOC(C)C)C2=O)cc(OC)c1OC. The standard InChI is InChI=1S/C24H28N2O6/c1-15(2)32-12-11-26-23(27)20(16-9-7-6-8-10-16)21(24(26)28)25-17-13-18(29-3)22(31-5)19(14-17)30-4/h6-10,13-15,25H,11-12H2,1-5H3. The van der Waals surface area contributed by atoms with Crippen LogP contribution in [0.1, 0.15) is 19.4 Å². The lowest BCUT2D eigenvalue weighted by molar-refractivity contribution is -0.137. The minimum atomic E-state index is -0.421. The Bertz CT molecular complexity index is 991. The summed E-state index contributed by atoms with van der Waals surface area (Å²) in [5.74, 6) is 0.489. The van der Waals surface area contributed by atoms with Crippen molar-refractivity contribution in [2.45, 2.75) is 20.0 Å². The highest BCUT2D eigenvalue weighted by Crippen LogP contribution is 2.41. The van der Waals surface area contributed by atoms with Crippen LogP contribution in [0, 0.1) is 0 Å². The van der Waals surface area contributed by atoms with Crippen LogP contribution in [0.2, 0.25) is 0 Å². The minimum Gasteiger partial charge on any atom is -0.493 e. The molecule has 0 spiro atoms. The molecule has 0 bridgehead atoms. The molecular weight excluding hydrogens is 412 g/mol. The molecule has 8 nitrogen and oxygen atoms in total. The molecule has 0 atom stereocenters. The third kappa shape index (κ3) is 4.70. The number of methoxy groups -OCH3 is 3. The molecule has 3 rings (SSSR count). The lowest BCUT2D eigenvalue weighted by atomic mass is 10.0. The van der Waals surface area contributed by atoms with Gasteiger partial charge in [0, 0.05) is 17.8 Å². The highest BCUT2D eigenvalue weighted by Gasteiger charge is 2.39. The van der Waals surface area contributed by atoms with Gasteiger partial charge in [-0.2, -0.15) is 0 Å². The third-order valence-electron chi connectivity index (χ3n) is 4.93. The summed E-state index contributed by atoms with van der Waals surface area (Å²) in [6.45, 7) is 4.22. The lowest BCUT2D eigenvalue weighted by Crippen LogP contribution is -2.35. The van der Waals surface area contributed by atoms with Gasteiger partial charge in [0.25, 0.3) is 11.8 Å². The number of ether oxygens (including phenoxy) is 4. The van der Waals surface area contributed by atoms with Crippen molar-refractivity contribution in [2.75, 3.05) is 39.8 Å². The molecule has 170 valence electrons. The smallest absolute Gasteiger partial charge is 0.278 e. The van der Waals surface area contributed by atoms with Crippen molar-refractivity contribution in [1.82, 2.24) is 4.90 Å². The second kappa shape index (κ2) is 10.2. The Balaban J connectivity index is 2.01. The summed E-state index contributed by atoms with van der Waals surface area (Å²) in [6.07, 6.45) is 0.00110. The molecule has 0 aromatic heterocycles. The molecule has 0 aliphatic carbocycles. The molecule has 0 unspecified atom stereocenters. The molecule has 1 aliphatic heterocycles. The number of carbonyl (C=O) groups is 2. The van der Waals surface area contributed by atoms with E-state index >= 15 is 0 Å². The Hall–Kier alpha value is -3.52. The van der Waals surface area contributed by atoms with Crippen molar-refractivity contribution in [1.29, 1.82) is 0 Å². The second-order valence-electron chi connectivity index (χ2n) is 7.34. The minimum absolute atomic E-state index is 0.00110. The van der Waals surface area contributed by atoms with Gasteiger partial charge in [-0.3, -0.25) is 14.5 Å². The van der Waals surface area contributed by atoms with Crippen LogP contribution in [-0.4, -0.2) is 57.3 Å². The maximum Gasteiger partial charge on any atom is 0.278 e. The van der Waals surface area contributed by atoms with E-state index in [9.17, 15) is 9.59 Å². The first-order valence-corrected chi connectivity index (χ1v) is 10.3. The van der Waals surface area contributed by atoms with Gasteiger partial charge in [0.2, 0.25) is 5.75 Å². The quantitative estimate of drug-likeness (QED) is 0.567. The predicted molar refractivity (Wildman–Crippen MR) is 121 cm³/mol. The van der Waals surface area contributed by atoms with Crippen LogP contribution in [-0.2, 0) is 14.3 Å². The Morgan fingerprint density at radius 2 is 1.53 bits per heavy atom.